The molecule has 0 aliphatic carbocycles. The minimum absolute atomic E-state index is 0.126. The number of carbonyl (C=O) groups excluding carboxylic acids is 1. The summed E-state index contributed by atoms with van der Waals surface area (Å²) in [6.07, 6.45) is 12.2. The van der Waals surface area contributed by atoms with Crippen LogP contribution in [0.5, 0.6) is 0 Å². The van der Waals surface area contributed by atoms with Gasteiger partial charge >= 0.3 is 118 Å². The molecule has 1 rings (SSSR count). The van der Waals surface area contributed by atoms with Crippen LogP contribution in [0.2, 0.25) is 0 Å². The van der Waals surface area contributed by atoms with Crippen LogP contribution in [0, 0.1) is 0 Å². The zero-order valence-electron chi connectivity index (χ0n) is 13.2. The van der Waals surface area contributed by atoms with Crippen molar-refractivity contribution >= 4 is 32.1 Å². The number of hydrogen-bond donors (Lipinski definition) is 1. The molecule has 0 spiro atoms. The van der Waals surface area contributed by atoms with E-state index < -0.39 is 0 Å². The topological polar surface area (TPSA) is 29.1 Å². The van der Waals surface area contributed by atoms with Gasteiger partial charge in [-0.1, -0.05) is 19.8 Å². The number of amides is 1. The Kier molecular flexibility index (Phi) is 10.3. The maximum atomic E-state index is 11.8. The summed E-state index contributed by atoms with van der Waals surface area (Å²) in [7, 11) is 0. The maximum absolute atomic E-state index is 11.8. The van der Waals surface area contributed by atoms with E-state index in [4.69, 9.17) is 0 Å². The normalized spacial score (nSPS) is 10.5. The van der Waals surface area contributed by atoms with Gasteiger partial charge in [-0.3, -0.25) is 0 Å². The van der Waals surface area contributed by atoms with Gasteiger partial charge in [-0.15, -0.1) is 0 Å². The van der Waals surface area contributed by atoms with Gasteiger partial charge in [-0.05, 0) is 0 Å². The molecule has 0 saturated carbocycles. The van der Waals surface area contributed by atoms with Crippen molar-refractivity contribution in [3.8, 4) is 0 Å². The first-order valence-electron chi connectivity index (χ1n) is 8.30. The number of para-hydroxylation sites is 1. The number of unbranched alkanes of at least 4 members (excludes halogenated alkanes) is 8. The summed E-state index contributed by atoms with van der Waals surface area (Å²) in [4.78, 5) is 11.8. The van der Waals surface area contributed by atoms with Crippen LogP contribution in [-0.4, -0.2) is 21.9 Å². The van der Waals surface area contributed by atoms with Gasteiger partial charge in [0.05, 0.1) is 0 Å². The Balaban J connectivity index is 2.00. The third-order valence-corrected chi connectivity index (χ3v) is 4.42. The van der Waals surface area contributed by atoms with E-state index in [2.05, 4.69) is 28.3 Å². The summed E-state index contributed by atoms with van der Waals surface area (Å²) in [5, 5.41) is 2.97. The summed E-state index contributed by atoms with van der Waals surface area (Å²) < 4.78 is 0.998. The summed E-state index contributed by atoms with van der Waals surface area (Å²) >= 11 is 2.97. The average molecular weight is 353 g/mol. The SMILES string of the molecule is CCCCCCCCCCCC(=O)Nc1ccccc1[Se]. The molecule has 0 aromatic heterocycles. The number of rotatable bonds is 11. The van der Waals surface area contributed by atoms with Crippen LogP contribution >= 0.6 is 0 Å². The number of nitrogens with one attached hydrogen (secondary N) is 1. The van der Waals surface area contributed by atoms with Crippen LogP contribution in [0.25, 0.3) is 0 Å². The summed E-state index contributed by atoms with van der Waals surface area (Å²) in [5.41, 5.74) is 0.887. The molecule has 2 nitrogen and oxygen atoms in total. The Morgan fingerprint density at radius 1 is 0.952 bits per heavy atom. The Hall–Kier alpha value is -0.791. The van der Waals surface area contributed by atoms with Crippen molar-refractivity contribution in [3.63, 3.8) is 0 Å². The molecule has 0 fully saturated rings. The molecular weight excluding hydrogens is 325 g/mol. The van der Waals surface area contributed by atoms with E-state index in [1.807, 2.05) is 24.3 Å². The standard InChI is InChI=1S/C18H28NOSe/c1-2-3-4-5-6-7-8-9-10-15-18(20)19-16-13-11-12-14-17(16)21/h11-14H,2-10,15H2,1H3,(H,19,20). The van der Waals surface area contributed by atoms with Crippen molar-refractivity contribution in [2.45, 2.75) is 71.1 Å². The molecule has 0 aliphatic heterocycles. The van der Waals surface area contributed by atoms with Crippen LogP contribution in [0.3, 0.4) is 0 Å². The molecule has 0 bridgehead atoms. The third-order valence-electron chi connectivity index (χ3n) is 3.67. The van der Waals surface area contributed by atoms with Crippen molar-refractivity contribution < 1.29 is 4.79 Å². The van der Waals surface area contributed by atoms with E-state index in [-0.39, 0.29) is 5.91 Å². The first kappa shape index (κ1) is 18.3. The van der Waals surface area contributed by atoms with Gasteiger partial charge in [0.1, 0.15) is 0 Å². The molecule has 21 heavy (non-hydrogen) atoms. The average Bonchev–Trinajstić information content (AvgIpc) is 2.48. The van der Waals surface area contributed by atoms with Crippen LogP contribution in [0.15, 0.2) is 24.3 Å². The van der Waals surface area contributed by atoms with Gasteiger partial charge in [-0.25, -0.2) is 0 Å². The molecule has 1 aromatic rings. The Labute approximate surface area is 137 Å². The molecule has 3 heteroatoms. The van der Waals surface area contributed by atoms with Crippen molar-refractivity contribution in [2.75, 3.05) is 5.32 Å². The molecule has 0 atom stereocenters. The van der Waals surface area contributed by atoms with Crippen LogP contribution in [0.4, 0.5) is 5.69 Å². The predicted octanol–water partition coefficient (Wildman–Crippen LogP) is 4.34. The number of benzene rings is 1. The van der Waals surface area contributed by atoms with E-state index in [0.717, 1.165) is 16.6 Å². The van der Waals surface area contributed by atoms with Gasteiger partial charge < -0.3 is 0 Å². The second kappa shape index (κ2) is 11.8. The van der Waals surface area contributed by atoms with Crippen molar-refractivity contribution in [3.05, 3.63) is 24.3 Å². The molecule has 117 valence electrons. The molecule has 1 amide bonds. The van der Waals surface area contributed by atoms with E-state index >= 15 is 0 Å². The Morgan fingerprint density at radius 3 is 2.14 bits per heavy atom. The van der Waals surface area contributed by atoms with Crippen molar-refractivity contribution in [1.29, 1.82) is 0 Å². The molecule has 1 radical (unpaired) electrons. The number of anilines is 1. The molecule has 1 N–H and O–H groups in total. The minimum atomic E-state index is 0.126. The predicted molar refractivity (Wildman–Crippen MR) is 92.3 cm³/mol. The second-order valence-corrected chi connectivity index (χ2v) is 6.55. The zero-order valence-corrected chi connectivity index (χ0v) is 14.9. The van der Waals surface area contributed by atoms with Crippen molar-refractivity contribution in [1.82, 2.24) is 0 Å². The molecule has 1 aromatic carbocycles. The van der Waals surface area contributed by atoms with Gasteiger partial charge in [0.2, 0.25) is 0 Å². The van der Waals surface area contributed by atoms with E-state index in [9.17, 15) is 4.79 Å². The molecule has 0 aliphatic rings. The molecule has 0 unspecified atom stereocenters. The third kappa shape index (κ3) is 8.95. The summed E-state index contributed by atoms with van der Waals surface area (Å²) in [6, 6.07) is 7.80. The van der Waals surface area contributed by atoms with Gasteiger partial charge in [-0.2, -0.15) is 0 Å². The van der Waals surface area contributed by atoms with E-state index in [0.29, 0.717) is 6.42 Å². The van der Waals surface area contributed by atoms with Crippen LogP contribution < -0.4 is 9.78 Å². The van der Waals surface area contributed by atoms with Gasteiger partial charge in [0.15, 0.2) is 0 Å². The summed E-state index contributed by atoms with van der Waals surface area (Å²) in [6.45, 7) is 2.25. The van der Waals surface area contributed by atoms with Gasteiger partial charge in [0.25, 0.3) is 0 Å². The quantitative estimate of drug-likeness (QED) is 0.465. The van der Waals surface area contributed by atoms with Crippen LogP contribution in [0.1, 0.15) is 71.1 Å². The molecular formula is C18H28NOSe. The van der Waals surface area contributed by atoms with Crippen LogP contribution in [-0.2, 0) is 4.79 Å². The Morgan fingerprint density at radius 2 is 1.52 bits per heavy atom. The zero-order chi connectivity index (χ0) is 15.3. The van der Waals surface area contributed by atoms with E-state index in [1.165, 1.54) is 51.4 Å². The fraction of sp³-hybridized carbons (Fsp3) is 0.611. The number of carbonyl (C=O) groups is 1. The van der Waals surface area contributed by atoms with Gasteiger partial charge in [0, 0.05) is 0 Å². The number of hydrogen-bond acceptors (Lipinski definition) is 1. The van der Waals surface area contributed by atoms with Crippen molar-refractivity contribution in [2.24, 2.45) is 0 Å². The molecule has 0 saturated heterocycles. The van der Waals surface area contributed by atoms with E-state index in [1.54, 1.807) is 0 Å². The first-order chi connectivity index (χ1) is 10.2. The monoisotopic (exact) mass is 354 g/mol. The first-order valence-corrected chi connectivity index (χ1v) is 9.15. The molecule has 0 heterocycles. The fourth-order valence-corrected chi connectivity index (χ4v) is 2.79. The Bertz CT molecular complexity index is 406. The fourth-order valence-electron chi connectivity index (χ4n) is 2.38. The summed E-state index contributed by atoms with van der Waals surface area (Å²) in [5.74, 6) is 0.126. The second-order valence-electron chi connectivity index (χ2n) is 5.62.